The Bertz CT molecular complexity index is 2220. The lowest BCUT2D eigenvalue weighted by Gasteiger charge is -2.28. The molecule has 0 saturated heterocycles. The first-order chi connectivity index (χ1) is 26.1. The Labute approximate surface area is 328 Å². The standard InChI is InChI=1S/C47H56N2O5S/c1-7-8-11-29-48-40-18-10-9-17-38(40)46(3,4)42(48)27-24-34-15-14-16-35(44(34)36-20-22-37(23-21-36)45(50)51)25-28-43-47(5,6)39-32-33(2)19-26-41(39)49(43)30-12-13-31-55(52,53)54/h9-10,17-28,32H,7-8,11-16,29-31H2,1-6H3,(H-,50,51,52,53,54)/p+1. The van der Waals surface area contributed by atoms with Crippen LogP contribution in [0.1, 0.15) is 119 Å². The van der Waals surface area contributed by atoms with E-state index in [1.54, 1.807) is 12.1 Å². The Kier molecular flexibility index (Phi) is 11.9. The molecule has 3 aliphatic rings. The van der Waals surface area contributed by atoms with Crippen molar-refractivity contribution >= 4 is 38.7 Å². The van der Waals surface area contributed by atoms with Gasteiger partial charge in [0.15, 0.2) is 5.71 Å². The van der Waals surface area contributed by atoms with E-state index in [0.717, 1.165) is 54.7 Å². The average molecular weight is 762 g/mol. The molecule has 0 aromatic heterocycles. The predicted molar refractivity (Wildman–Crippen MR) is 225 cm³/mol. The van der Waals surface area contributed by atoms with Crippen molar-refractivity contribution in [2.45, 2.75) is 104 Å². The summed E-state index contributed by atoms with van der Waals surface area (Å²) in [5.41, 5.74) is 13.0. The highest BCUT2D eigenvalue weighted by molar-refractivity contribution is 7.85. The average Bonchev–Trinajstić information content (AvgIpc) is 3.48. The number of fused-ring (bicyclic) bond motifs is 2. The summed E-state index contributed by atoms with van der Waals surface area (Å²) in [4.78, 5) is 14.2. The number of aryl methyl sites for hydroxylation is 1. The van der Waals surface area contributed by atoms with Gasteiger partial charge in [0.25, 0.3) is 10.1 Å². The minimum absolute atomic E-state index is 0.160. The fourth-order valence-electron chi connectivity index (χ4n) is 8.75. The van der Waals surface area contributed by atoms with Gasteiger partial charge in [-0.05, 0) is 111 Å². The van der Waals surface area contributed by atoms with Crippen LogP contribution in [0.4, 0.5) is 11.4 Å². The molecule has 0 unspecified atom stereocenters. The second-order valence-electron chi connectivity index (χ2n) is 16.4. The summed E-state index contributed by atoms with van der Waals surface area (Å²) in [6.07, 6.45) is 16.4. The molecule has 0 amide bonds. The molecule has 8 heteroatoms. The fraction of sp³-hybridized carbons (Fsp3) is 0.404. The van der Waals surface area contributed by atoms with Crippen LogP contribution in [0.25, 0.3) is 5.57 Å². The van der Waals surface area contributed by atoms with Gasteiger partial charge in [-0.25, -0.2) is 4.79 Å². The van der Waals surface area contributed by atoms with Gasteiger partial charge in [0, 0.05) is 47.5 Å². The lowest BCUT2D eigenvalue weighted by Crippen LogP contribution is -2.28. The third-order valence-corrected chi connectivity index (χ3v) is 12.5. The summed E-state index contributed by atoms with van der Waals surface area (Å²) in [5, 5.41) is 9.71. The van der Waals surface area contributed by atoms with Crippen molar-refractivity contribution < 1.29 is 27.4 Å². The second-order valence-corrected chi connectivity index (χ2v) is 18.0. The van der Waals surface area contributed by atoms with Crippen molar-refractivity contribution in [2.75, 3.05) is 23.7 Å². The van der Waals surface area contributed by atoms with Crippen LogP contribution < -0.4 is 4.90 Å². The van der Waals surface area contributed by atoms with Crippen LogP contribution in [0, 0.1) is 6.92 Å². The number of unbranched alkanes of at least 4 members (excludes halogenated alkanes) is 3. The normalized spacial score (nSPS) is 19.2. The Hall–Kier alpha value is -4.53. The molecule has 55 heavy (non-hydrogen) atoms. The van der Waals surface area contributed by atoms with Crippen LogP contribution in [0.3, 0.4) is 0 Å². The number of anilines is 1. The molecule has 0 spiro atoms. The largest absolute Gasteiger partial charge is 0.478 e. The third kappa shape index (κ3) is 8.51. The highest BCUT2D eigenvalue weighted by atomic mass is 32.2. The van der Waals surface area contributed by atoms with Crippen LogP contribution in [0.2, 0.25) is 0 Å². The quantitative estimate of drug-likeness (QED) is 0.0964. The van der Waals surface area contributed by atoms with E-state index >= 15 is 0 Å². The summed E-state index contributed by atoms with van der Waals surface area (Å²) in [6, 6.07) is 22.6. The van der Waals surface area contributed by atoms with Crippen LogP contribution in [-0.4, -0.2) is 53.2 Å². The number of allylic oxidation sites excluding steroid dienone is 8. The molecule has 2 N–H and O–H groups in total. The SMILES string of the molecule is CCCCC[N+]1=C(/C=C/C2=C(c3ccc(C(=O)O)cc3)C(=C/C=C3/N(CCCCS(=O)(=O)O)c4ccc(C)cc4C3(C)C)/CCC2)C(C)(C)c2ccccc21. The van der Waals surface area contributed by atoms with E-state index in [4.69, 9.17) is 0 Å². The maximum atomic E-state index is 11.8. The molecule has 3 aromatic carbocycles. The van der Waals surface area contributed by atoms with Crippen molar-refractivity contribution in [3.63, 3.8) is 0 Å². The van der Waals surface area contributed by atoms with Crippen molar-refractivity contribution in [2.24, 2.45) is 0 Å². The molecule has 2 heterocycles. The molecule has 7 nitrogen and oxygen atoms in total. The second kappa shape index (κ2) is 16.3. The molecule has 6 rings (SSSR count). The minimum Gasteiger partial charge on any atom is -0.478 e. The maximum absolute atomic E-state index is 11.8. The van der Waals surface area contributed by atoms with Gasteiger partial charge in [0.1, 0.15) is 6.54 Å². The number of benzene rings is 3. The van der Waals surface area contributed by atoms with Gasteiger partial charge in [-0.3, -0.25) is 4.55 Å². The molecule has 0 fully saturated rings. The lowest BCUT2D eigenvalue weighted by atomic mass is 9.79. The van der Waals surface area contributed by atoms with E-state index < -0.39 is 16.1 Å². The first-order valence-electron chi connectivity index (χ1n) is 19.9. The van der Waals surface area contributed by atoms with Gasteiger partial charge in [-0.1, -0.05) is 87.4 Å². The lowest BCUT2D eigenvalue weighted by molar-refractivity contribution is -0.438. The fourth-order valence-corrected chi connectivity index (χ4v) is 9.32. The van der Waals surface area contributed by atoms with Crippen molar-refractivity contribution in [3.8, 4) is 0 Å². The van der Waals surface area contributed by atoms with Crippen LogP contribution in [0.15, 0.2) is 108 Å². The number of carboxylic acid groups (broad SMARTS) is 1. The number of carboxylic acids is 1. The van der Waals surface area contributed by atoms with E-state index in [2.05, 4.69) is 118 Å². The number of nitrogens with zero attached hydrogens (tertiary/aromatic N) is 2. The summed E-state index contributed by atoms with van der Waals surface area (Å²) in [7, 11) is -4.02. The number of hydrogen-bond donors (Lipinski definition) is 2. The van der Waals surface area contributed by atoms with Gasteiger partial charge in [-0.15, -0.1) is 0 Å². The van der Waals surface area contributed by atoms with E-state index in [1.807, 2.05) is 12.1 Å². The Morgan fingerprint density at radius 3 is 2.33 bits per heavy atom. The smallest absolute Gasteiger partial charge is 0.335 e. The molecular formula is C47H57N2O5S+. The number of hydrogen-bond acceptors (Lipinski definition) is 4. The van der Waals surface area contributed by atoms with E-state index in [0.29, 0.717) is 19.4 Å². The molecule has 2 aliphatic heterocycles. The zero-order valence-electron chi connectivity index (χ0n) is 33.4. The van der Waals surface area contributed by atoms with E-state index in [1.165, 1.54) is 52.1 Å². The number of aromatic carboxylic acids is 1. The minimum atomic E-state index is -4.02. The molecule has 1 aliphatic carbocycles. The van der Waals surface area contributed by atoms with Gasteiger partial charge < -0.3 is 10.0 Å². The highest BCUT2D eigenvalue weighted by Gasteiger charge is 2.44. The third-order valence-electron chi connectivity index (χ3n) is 11.7. The number of para-hydroxylation sites is 1. The molecule has 290 valence electrons. The first kappa shape index (κ1) is 40.1. The Morgan fingerprint density at radius 2 is 1.62 bits per heavy atom. The zero-order valence-corrected chi connectivity index (χ0v) is 34.2. The van der Waals surface area contributed by atoms with E-state index in [9.17, 15) is 22.9 Å². The molecular weight excluding hydrogens is 705 g/mol. The summed E-state index contributed by atoms with van der Waals surface area (Å²) < 4.78 is 34.9. The van der Waals surface area contributed by atoms with Gasteiger partial charge in [0.05, 0.1) is 16.7 Å². The topological polar surface area (TPSA) is 97.9 Å². The highest BCUT2D eigenvalue weighted by Crippen LogP contribution is 2.49. The monoisotopic (exact) mass is 761 g/mol. The summed E-state index contributed by atoms with van der Waals surface area (Å²) >= 11 is 0. The Balaban J connectivity index is 1.45. The van der Waals surface area contributed by atoms with Crippen molar-refractivity contribution in [1.29, 1.82) is 0 Å². The van der Waals surface area contributed by atoms with E-state index in [-0.39, 0.29) is 22.1 Å². The molecule has 0 bridgehead atoms. The van der Waals surface area contributed by atoms with Gasteiger partial charge in [-0.2, -0.15) is 13.0 Å². The molecule has 0 radical (unpaired) electrons. The van der Waals surface area contributed by atoms with Crippen LogP contribution in [0.5, 0.6) is 0 Å². The Morgan fingerprint density at radius 1 is 0.873 bits per heavy atom. The molecule has 3 aromatic rings. The number of rotatable bonds is 14. The summed E-state index contributed by atoms with van der Waals surface area (Å²) in [6.45, 7) is 15.1. The van der Waals surface area contributed by atoms with Crippen LogP contribution >= 0.6 is 0 Å². The van der Waals surface area contributed by atoms with Gasteiger partial charge in [0.2, 0.25) is 5.69 Å². The zero-order chi connectivity index (χ0) is 39.5. The van der Waals surface area contributed by atoms with Crippen LogP contribution in [-0.2, 0) is 20.9 Å². The maximum Gasteiger partial charge on any atom is 0.335 e. The molecule has 0 atom stereocenters. The predicted octanol–water partition coefficient (Wildman–Crippen LogP) is 10.7. The number of carbonyl (C=O) groups is 1. The molecule has 0 saturated carbocycles. The van der Waals surface area contributed by atoms with Crippen molar-refractivity contribution in [3.05, 3.63) is 136 Å². The first-order valence-corrected chi connectivity index (χ1v) is 21.5. The van der Waals surface area contributed by atoms with Gasteiger partial charge >= 0.3 is 5.97 Å². The summed E-state index contributed by atoms with van der Waals surface area (Å²) in [5.74, 6) is -1.19. The van der Waals surface area contributed by atoms with Crippen molar-refractivity contribution in [1.82, 2.24) is 0 Å².